The van der Waals surface area contributed by atoms with Crippen molar-refractivity contribution < 1.29 is 21.7 Å². The summed E-state index contributed by atoms with van der Waals surface area (Å²) in [6, 6.07) is 67.1. The fourth-order valence-corrected chi connectivity index (χ4v) is 8.35. The van der Waals surface area contributed by atoms with Crippen molar-refractivity contribution in [3.63, 3.8) is 0 Å². The molecule has 48 heavy (non-hydrogen) atoms. The van der Waals surface area contributed by atoms with Gasteiger partial charge in [-0.3, -0.25) is 0 Å². The minimum Gasteiger partial charge on any atom is -0.168 e. The molecule has 0 aliphatic carbocycles. The van der Waals surface area contributed by atoms with E-state index in [9.17, 15) is 0 Å². The average molecular weight is 673 g/mol. The van der Waals surface area contributed by atoms with Crippen LogP contribution in [0.5, 0.6) is 0 Å². The van der Waals surface area contributed by atoms with Crippen LogP contribution < -0.4 is 15.9 Å². The molecule has 0 amide bonds. The summed E-state index contributed by atoms with van der Waals surface area (Å²) in [6.07, 6.45) is 2.26. The van der Waals surface area contributed by atoms with E-state index in [2.05, 4.69) is 202 Å². The molecule has 0 aliphatic rings. The molecule has 0 spiro atoms. The van der Waals surface area contributed by atoms with Crippen molar-refractivity contribution in [2.45, 2.75) is 26.7 Å². The van der Waals surface area contributed by atoms with Crippen LogP contribution in [0.4, 0.5) is 0 Å². The standard InChI is InChI=1S/C21H16P.C14H14.C11H11.Ti/c1-3-11-19(12-4-1)22(20-13-5-2-6-14-20)21-15-17-9-7-8-10-18(17)16-21;1-3-7-13(8-4-1)11-12-14-9-5-2-6-10-14;1-8-6-7-9(2)11-5-3-4-10(8)11;/h1-16H;1-10H,11-12H2;3-7H,1-2H3;/q-1;;-1;+2. The molecule has 0 atom stereocenters. The van der Waals surface area contributed by atoms with Crippen molar-refractivity contribution in [3.8, 4) is 0 Å². The Morgan fingerprint density at radius 1 is 0.500 bits per heavy atom. The van der Waals surface area contributed by atoms with Crippen LogP contribution in [0.3, 0.4) is 0 Å². The van der Waals surface area contributed by atoms with Gasteiger partial charge in [-0.25, -0.2) is 0 Å². The molecule has 8 aromatic carbocycles. The van der Waals surface area contributed by atoms with Crippen LogP contribution in [0.2, 0.25) is 0 Å². The van der Waals surface area contributed by atoms with Gasteiger partial charge in [-0.15, -0.1) is 68.8 Å². The maximum Gasteiger partial charge on any atom is 2.00 e. The van der Waals surface area contributed by atoms with E-state index < -0.39 is 7.92 Å². The van der Waals surface area contributed by atoms with Gasteiger partial charge in [0.2, 0.25) is 0 Å². The summed E-state index contributed by atoms with van der Waals surface area (Å²) in [7, 11) is -0.493. The minimum absolute atomic E-state index is 0. The smallest absolute Gasteiger partial charge is 0.168 e. The van der Waals surface area contributed by atoms with E-state index in [1.807, 2.05) is 0 Å². The summed E-state index contributed by atoms with van der Waals surface area (Å²) in [5, 5.41) is 9.68. The predicted octanol–water partition coefficient (Wildman–Crippen LogP) is 11.0. The third-order valence-corrected chi connectivity index (χ3v) is 10.9. The Morgan fingerprint density at radius 3 is 1.50 bits per heavy atom. The van der Waals surface area contributed by atoms with Crippen molar-refractivity contribution in [2.75, 3.05) is 0 Å². The van der Waals surface area contributed by atoms with E-state index >= 15 is 0 Å². The van der Waals surface area contributed by atoms with Gasteiger partial charge in [-0.1, -0.05) is 146 Å². The van der Waals surface area contributed by atoms with Crippen molar-refractivity contribution in [1.82, 2.24) is 0 Å². The molecule has 8 aromatic rings. The Balaban J connectivity index is 0.000000150. The summed E-state index contributed by atoms with van der Waals surface area (Å²) in [6.45, 7) is 4.31. The Bertz CT molecular complexity index is 1940. The topological polar surface area (TPSA) is 0 Å². The van der Waals surface area contributed by atoms with E-state index in [0.29, 0.717) is 0 Å². The molecule has 0 N–H and O–H groups in total. The van der Waals surface area contributed by atoms with Crippen LogP contribution in [0.25, 0.3) is 21.5 Å². The van der Waals surface area contributed by atoms with Gasteiger partial charge in [-0.2, -0.15) is 18.2 Å². The maximum atomic E-state index is 2.35. The molecule has 0 saturated heterocycles. The second-order valence-electron chi connectivity index (χ2n) is 11.9. The molecule has 0 heterocycles. The predicted molar refractivity (Wildman–Crippen MR) is 208 cm³/mol. The molecule has 0 bridgehead atoms. The monoisotopic (exact) mass is 672 g/mol. The fraction of sp³-hybridized carbons (Fsp3) is 0.0870. The zero-order chi connectivity index (χ0) is 32.3. The number of benzene rings is 6. The van der Waals surface area contributed by atoms with E-state index in [0.717, 1.165) is 12.8 Å². The Labute approximate surface area is 302 Å². The van der Waals surface area contributed by atoms with Crippen LogP contribution in [-0.2, 0) is 34.6 Å². The van der Waals surface area contributed by atoms with Crippen molar-refractivity contribution in [1.29, 1.82) is 0 Å². The van der Waals surface area contributed by atoms with Crippen molar-refractivity contribution in [3.05, 3.63) is 210 Å². The first-order valence-corrected chi connectivity index (χ1v) is 17.7. The molecular weight excluding hydrogens is 631 g/mol. The summed E-state index contributed by atoms with van der Waals surface area (Å²) in [4.78, 5) is 0. The van der Waals surface area contributed by atoms with Crippen LogP contribution in [0.1, 0.15) is 22.3 Å². The van der Waals surface area contributed by atoms with Gasteiger partial charge < -0.3 is 0 Å². The third kappa shape index (κ3) is 9.18. The first-order valence-electron chi connectivity index (χ1n) is 16.4. The maximum absolute atomic E-state index is 2.35. The van der Waals surface area contributed by atoms with Gasteiger partial charge in [0.1, 0.15) is 0 Å². The van der Waals surface area contributed by atoms with E-state index in [-0.39, 0.29) is 21.7 Å². The number of hydrogen-bond donors (Lipinski definition) is 0. The van der Waals surface area contributed by atoms with Gasteiger partial charge in [0, 0.05) is 0 Å². The molecule has 0 saturated carbocycles. The largest absolute Gasteiger partial charge is 2.00 e. The Hall–Kier alpha value is -4.32. The van der Waals surface area contributed by atoms with Gasteiger partial charge in [0.15, 0.2) is 0 Å². The van der Waals surface area contributed by atoms with Crippen molar-refractivity contribution in [2.24, 2.45) is 0 Å². The molecule has 0 unspecified atom stereocenters. The van der Waals surface area contributed by atoms with Crippen LogP contribution in [-0.4, -0.2) is 0 Å². The summed E-state index contributed by atoms with van der Waals surface area (Å²) in [5.74, 6) is 0. The van der Waals surface area contributed by atoms with Crippen LogP contribution >= 0.6 is 7.92 Å². The molecule has 0 aromatic heterocycles. The SMILES string of the molecule is Cc1ccc(C)c2[cH-]ccc12.[Ti+2].c1ccc(CCc2ccccc2)cc1.c1ccc(P(c2ccccc2)c2cc3ccccc3[cH-]2)cc1. The van der Waals surface area contributed by atoms with E-state index in [1.54, 1.807) is 0 Å². The normalized spacial score (nSPS) is 10.5. The second kappa shape index (κ2) is 17.7. The summed E-state index contributed by atoms with van der Waals surface area (Å²) in [5.41, 5.74) is 5.57. The fourth-order valence-electron chi connectivity index (χ4n) is 5.98. The molecular formula is C46H41PTi. The average Bonchev–Trinajstić information content (AvgIpc) is 3.81. The first-order chi connectivity index (χ1) is 23.2. The first kappa shape index (κ1) is 35.0. The molecule has 0 nitrogen and oxygen atoms in total. The Kier molecular flexibility index (Phi) is 12.9. The quantitative estimate of drug-likeness (QED) is 0.0937. The molecule has 0 radical (unpaired) electrons. The van der Waals surface area contributed by atoms with Gasteiger partial charge in [0.25, 0.3) is 0 Å². The number of hydrogen-bond acceptors (Lipinski definition) is 0. The molecule has 234 valence electrons. The van der Waals surface area contributed by atoms with Gasteiger partial charge >= 0.3 is 21.7 Å². The van der Waals surface area contributed by atoms with Crippen LogP contribution in [0.15, 0.2) is 188 Å². The summed E-state index contributed by atoms with van der Waals surface area (Å²) < 4.78 is 0. The number of rotatable bonds is 6. The zero-order valence-electron chi connectivity index (χ0n) is 27.8. The third-order valence-electron chi connectivity index (χ3n) is 8.53. The number of fused-ring (bicyclic) bond motifs is 2. The van der Waals surface area contributed by atoms with E-state index in [4.69, 9.17) is 0 Å². The molecule has 8 rings (SSSR count). The van der Waals surface area contributed by atoms with Crippen LogP contribution in [0, 0.1) is 13.8 Å². The Morgan fingerprint density at radius 2 is 0.979 bits per heavy atom. The molecule has 2 heteroatoms. The minimum atomic E-state index is -0.493. The van der Waals surface area contributed by atoms with E-state index in [1.165, 1.54) is 59.7 Å². The van der Waals surface area contributed by atoms with Crippen molar-refractivity contribution >= 4 is 45.4 Å². The molecule has 0 fully saturated rings. The molecule has 0 aliphatic heterocycles. The van der Waals surface area contributed by atoms with Gasteiger partial charge in [-0.05, 0) is 49.4 Å². The van der Waals surface area contributed by atoms with Gasteiger partial charge in [0.05, 0.1) is 0 Å². The zero-order valence-corrected chi connectivity index (χ0v) is 30.2. The second-order valence-corrected chi connectivity index (χ2v) is 14.1. The number of aryl methyl sites for hydroxylation is 4. The summed E-state index contributed by atoms with van der Waals surface area (Å²) >= 11 is 0.